The maximum absolute atomic E-state index is 5.69. The molecule has 7 heteroatoms. The molecule has 0 bridgehead atoms. The minimum absolute atomic E-state index is 0.514. The summed E-state index contributed by atoms with van der Waals surface area (Å²) in [5.41, 5.74) is 0. The average Bonchev–Trinajstić information content (AvgIpc) is 3.08. The highest BCUT2D eigenvalue weighted by Crippen LogP contribution is 2.43. The highest BCUT2D eigenvalue weighted by Gasteiger charge is 2.30. The van der Waals surface area contributed by atoms with Crippen molar-refractivity contribution >= 4 is 16.5 Å². The second-order valence-electron chi connectivity index (χ2n) is 5.65. The number of ether oxygens (including phenoxy) is 1. The van der Waals surface area contributed by atoms with E-state index in [2.05, 4.69) is 25.1 Å². The third-order valence-electron chi connectivity index (χ3n) is 3.92. The summed E-state index contributed by atoms with van der Waals surface area (Å²) in [4.78, 5) is 10.5. The second-order valence-corrected chi connectivity index (χ2v) is 6.64. The molecule has 6 nitrogen and oxygen atoms in total. The summed E-state index contributed by atoms with van der Waals surface area (Å²) < 4.78 is 5.69. The van der Waals surface area contributed by atoms with Crippen molar-refractivity contribution in [1.82, 2.24) is 20.2 Å². The van der Waals surface area contributed by atoms with Gasteiger partial charge in [0.1, 0.15) is 5.01 Å². The first kappa shape index (κ1) is 12.9. The Kier molecular flexibility index (Phi) is 3.42. The lowest BCUT2D eigenvalue weighted by Gasteiger charge is -2.14. The largest absolute Gasteiger partial charge is 0.476 e. The maximum atomic E-state index is 5.69. The Bertz CT molecular complexity index is 600. The van der Waals surface area contributed by atoms with Crippen LogP contribution in [0.1, 0.15) is 30.2 Å². The van der Waals surface area contributed by atoms with Crippen LogP contribution in [0.2, 0.25) is 0 Å². The molecule has 110 valence electrons. The van der Waals surface area contributed by atoms with Crippen molar-refractivity contribution < 1.29 is 4.74 Å². The van der Waals surface area contributed by atoms with Crippen molar-refractivity contribution in [1.29, 1.82) is 0 Å². The molecule has 1 atom stereocenters. The quantitative estimate of drug-likeness (QED) is 0.843. The summed E-state index contributed by atoms with van der Waals surface area (Å²) >= 11 is 1.76. The first-order chi connectivity index (χ1) is 10.4. The Hall–Kier alpha value is -1.76. The zero-order valence-corrected chi connectivity index (χ0v) is 12.5. The molecule has 21 heavy (non-hydrogen) atoms. The zero-order valence-electron chi connectivity index (χ0n) is 11.7. The van der Waals surface area contributed by atoms with Crippen LogP contribution in [-0.4, -0.2) is 39.9 Å². The minimum Gasteiger partial charge on any atom is -0.476 e. The van der Waals surface area contributed by atoms with Crippen LogP contribution in [0.3, 0.4) is 0 Å². The van der Waals surface area contributed by atoms with Crippen molar-refractivity contribution in [2.75, 3.05) is 24.6 Å². The molecule has 0 amide bonds. The summed E-state index contributed by atoms with van der Waals surface area (Å²) in [6.07, 6.45) is 8.64. The molecular weight excluding hydrogens is 286 g/mol. The molecule has 2 aliphatic rings. The minimum atomic E-state index is 0.514. The number of anilines is 1. The summed E-state index contributed by atoms with van der Waals surface area (Å²) in [5.74, 6) is 1.80. The van der Waals surface area contributed by atoms with E-state index in [1.807, 2.05) is 0 Å². The summed E-state index contributed by atoms with van der Waals surface area (Å²) in [6.45, 7) is 2.71. The highest BCUT2D eigenvalue weighted by atomic mass is 32.1. The van der Waals surface area contributed by atoms with E-state index in [0.717, 1.165) is 24.6 Å². The van der Waals surface area contributed by atoms with Crippen LogP contribution in [0.15, 0.2) is 18.6 Å². The lowest BCUT2D eigenvalue weighted by molar-refractivity contribution is 0.251. The topological polar surface area (TPSA) is 64.0 Å². The molecule has 2 fully saturated rings. The van der Waals surface area contributed by atoms with Crippen molar-refractivity contribution in [3.05, 3.63) is 23.6 Å². The van der Waals surface area contributed by atoms with E-state index in [9.17, 15) is 0 Å². The van der Waals surface area contributed by atoms with Gasteiger partial charge in [0.2, 0.25) is 11.0 Å². The second kappa shape index (κ2) is 5.55. The normalized spacial score (nSPS) is 21.7. The third kappa shape index (κ3) is 2.97. The van der Waals surface area contributed by atoms with Crippen LogP contribution < -0.4 is 9.64 Å². The van der Waals surface area contributed by atoms with Crippen molar-refractivity contribution in [3.63, 3.8) is 0 Å². The van der Waals surface area contributed by atoms with Crippen LogP contribution in [0, 0.1) is 5.92 Å². The predicted molar refractivity (Wildman–Crippen MR) is 79.7 cm³/mol. The SMILES string of the molecule is c1cnc(OCC2CCN(c3nnc(C4CC4)s3)C2)cn1. The Morgan fingerprint density at radius 2 is 2.19 bits per heavy atom. The van der Waals surface area contributed by atoms with E-state index < -0.39 is 0 Å². The van der Waals surface area contributed by atoms with Gasteiger partial charge in [0.25, 0.3) is 0 Å². The molecule has 1 unspecified atom stereocenters. The van der Waals surface area contributed by atoms with Gasteiger partial charge in [0, 0.05) is 37.3 Å². The van der Waals surface area contributed by atoms with E-state index in [-0.39, 0.29) is 0 Å². The molecule has 1 aliphatic heterocycles. The van der Waals surface area contributed by atoms with E-state index in [4.69, 9.17) is 4.74 Å². The molecule has 2 aromatic rings. The highest BCUT2D eigenvalue weighted by molar-refractivity contribution is 7.15. The Balaban J connectivity index is 1.31. The predicted octanol–water partition coefficient (Wildman–Crippen LogP) is 2.11. The fourth-order valence-corrected chi connectivity index (χ4v) is 3.60. The van der Waals surface area contributed by atoms with Gasteiger partial charge in [-0.25, -0.2) is 4.98 Å². The van der Waals surface area contributed by atoms with Gasteiger partial charge in [-0.05, 0) is 19.3 Å². The molecule has 1 saturated heterocycles. The number of aromatic nitrogens is 4. The van der Waals surface area contributed by atoms with Gasteiger partial charge in [-0.3, -0.25) is 4.98 Å². The fraction of sp³-hybridized carbons (Fsp3) is 0.571. The molecule has 4 rings (SSSR count). The van der Waals surface area contributed by atoms with Crippen molar-refractivity contribution in [3.8, 4) is 5.88 Å². The molecule has 1 saturated carbocycles. The molecule has 0 spiro atoms. The smallest absolute Gasteiger partial charge is 0.232 e. The zero-order chi connectivity index (χ0) is 14.1. The van der Waals surface area contributed by atoms with E-state index in [1.165, 1.54) is 17.8 Å². The van der Waals surface area contributed by atoms with Gasteiger partial charge in [-0.2, -0.15) is 0 Å². The molecule has 2 aromatic heterocycles. The first-order valence-electron chi connectivity index (χ1n) is 7.35. The third-order valence-corrected chi connectivity index (χ3v) is 5.07. The maximum Gasteiger partial charge on any atom is 0.232 e. The molecule has 1 aliphatic carbocycles. The van der Waals surface area contributed by atoms with Crippen molar-refractivity contribution in [2.24, 2.45) is 5.92 Å². The Labute approximate surface area is 127 Å². The molecule has 3 heterocycles. The van der Waals surface area contributed by atoms with Crippen LogP contribution in [-0.2, 0) is 0 Å². The Morgan fingerprint density at radius 3 is 3.00 bits per heavy atom. The van der Waals surface area contributed by atoms with Crippen LogP contribution >= 0.6 is 11.3 Å². The average molecular weight is 303 g/mol. The Morgan fingerprint density at radius 1 is 1.24 bits per heavy atom. The van der Waals surface area contributed by atoms with E-state index >= 15 is 0 Å². The first-order valence-corrected chi connectivity index (χ1v) is 8.17. The van der Waals surface area contributed by atoms with Gasteiger partial charge in [0.15, 0.2) is 0 Å². The fourth-order valence-electron chi connectivity index (χ4n) is 2.56. The monoisotopic (exact) mass is 303 g/mol. The summed E-state index contributed by atoms with van der Waals surface area (Å²) in [7, 11) is 0. The number of hydrogen-bond donors (Lipinski definition) is 0. The van der Waals surface area contributed by atoms with Gasteiger partial charge in [-0.1, -0.05) is 11.3 Å². The van der Waals surface area contributed by atoms with Gasteiger partial charge < -0.3 is 9.64 Å². The summed E-state index contributed by atoms with van der Waals surface area (Å²) in [5, 5.41) is 10.9. The van der Waals surface area contributed by atoms with E-state index in [1.54, 1.807) is 29.9 Å². The molecule has 0 N–H and O–H groups in total. The van der Waals surface area contributed by atoms with Crippen molar-refractivity contribution in [2.45, 2.75) is 25.2 Å². The molecule has 0 aromatic carbocycles. The molecule has 0 radical (unpaired) electrons. The van der Waals surface area contributed by atoms with Crippen LogP contribution in [0.5, 0.6) is 5.88 Å². The standard InChI is InChI=1S/C14H17N5OS/c1-2-11(1)13-17-18-14(21-13)19-6-3-10(8-19)9-20-12-7-15-4-5-16-12/h4-5,7,10-11H,1-3,6,8-9H2. The lowest BCUT2D eigenvalue weighted by atomic mass is 10.1. The van der Waals surface area contributed by atoms with Gasteiger partial charge in [0.05, 0.1) is 12.8 Å². The number of nitrogens with zero attached hydrogens (tertiary/aromatic N) is 5. The van der Waals surface area contributed by atoms with Gasteiger partial charge in [-0.15, -0.1) is 10.2 Å². The van der Waals surface area contributed by atoms with Crippen LogP contribution in [0.4, 0.5) is 5.13 Å². The van der Waals surface area contributed by atoms with Crippen LogP contribution in [0.25, 0.3) is 0 Å². The number of hydrogen-bond acceptors (Lipinski definition) is 7. The number of rotatable bonds is 5. The van der Waals surface area contributed by atoms with Gasteiger partial charge >= 0.3 is 0 Å². The summed E-state index contributed by atoms with van der Waals surface area (Å²) in [6, 6.07) is 0. The van der Waals surface area contributed by atoms with E-state index in [0.29, 0.717) is 24.3 Å². The molecular formula is C14H17N5OS. The lowest BCUT2D eigenvalue weighted by Crippen LogP contribution is -2.21.